The molecule has 0 fully saturated rings. The Morgan fingerprint density at radius 1 is 1.23 bits per heavy atom. The molecule has 1 N–H and O–H groups in total. The van der Waals surface area contributed by atoms with E-state index in [2.05, 4.69) is 0 Å². The van der Waals surface area contributed by atoms with Crippen LogP contribution in [0.1, 0.15) is 12.0 Å². The monoisotopic (exact) mass is 303 g/mol. The molecule has 0 saturated heterocycles. The summed E-state index contributed by atoms with van der Waals surface area (Å²) >= 11 is 0. The molecular formula is C16H17NO5. The Bertz CT molecular complexity index is 618. The first kappa shape index (κ1) is 15.6. The van der Waals surface area contributed by atoms with Gasteiger partial charge in [0.1, 0.15) is 5.75 Å². The minimum atomic E-state index is -1.03. The lowest BCUT2D eigenvalue weighted by Crippen LogP contribution is -2.26. The average Bonchev–Trinajstić information content (AvgIpc) is 3.03. The second-order valence-corrected chi connectivity index (χ2v) is 4.76. The molecule has 0 aliphatic carbocycles. The lowest BCUT2D eigenvalue weighted by molar-refractivity contribution is -0.139. The molecule has 0 saturated carbocycles. The van der Waals surface area contributed by atoms with Gasteiger partial charge in [-0.2, -0.15) is 0 Å². The van der Waals surface area contributed by atoms with E-state index >= 15 is 0 Å². The summed E-state index contributed by atoms with van der Waals surface area (Å²) in [5.74, 6) is -0.596. The highest BCUT2D eigenvalue weighted by molar-refractivity contribution is 5.92. The van der Waals surface area contributed by atoms with Crippen molar-refractivity contribution in [3.8, 4) is 5.75 Å². The van der Waals surface area contributed by atoms with Gasteiger partial charge in [-0.25, -0.2) is 4.79 Å². The summed E-state index contributed by atoms with van der Waals surface area (Å²) < 4.78 is 10.0. The van der Waals surface area contributed by atoms with E-state index in [1.807, 2.05) is 6.07 Å². The SMILES string of the molecule is CN(C(=O)CCc1ccoc1)c1ccc(OCC(=O)O)cc1. The van der Waals surface area contributed by atoms with Crippen molar-refractivity contribution >= 4 is 17.6 Å². The van der Waals surface area contributed by atoms with Crippen LogP contribution in [0.5, 0.6) is 5.75 Å². The smallest absolute Gasteiger partial charge is 0.341 e. The van der Waals surface area contributed by atoms with Crippen LogP contribution in [0.15, 0.2) is 47.3 Å². The fraction of sp³-hybridized carbons (Fsp3) is 0.250. The number of amides is 1. The number of furan rings is 1. The Morgan fingerprint density at radius 2 is 1.95 bits per heavy atom. The van der Waals surface area contributed by atoms with E-state index in [-0.39, 0.29) is 5.91 Å². The lowest BCUT2D eigenvalue weighted by atomic mass is 10.1. The summed E-state index contributed by atoms with van der Waals surface area (Å²) in [6.07, 6.45) is 4.22. The van der Waals surface area contributed by atoms with Crippen LogP contribution in [0.25, 0.3) is 0 Å². The van der Waals surface area contributed by atoms with Gasteiger partial charge in [-0.05, 0) is 42.3 Å². The fourth-order valence-electron chi connectivity index (χ4n) is 1.91. The summed E-state index contributed by atoms with van der Waals surface area (Å²) in [4.78, 5) is 24.1. The first-order valence-electron chi connectivity index (χ1n) is 6.78. The average molecular weight is 303 g/mol. The van der Waals surface area contributed by atoms with Crippen molar-refractivity contribution in [3.63, 3.8) is 0 Å². The molecule has 6 heteroatoms. The maximum absolute atomic E-state index is 12.1. The Hall–Kier alpha value is -2.76. The Labute approximate surface area is 127 Å². The summed E-state index contributed by atoms with van der Waals surface area (Å²) in [5, 5.41) is 8.54. The molecule has 1 amide bonds. The van der Waals surface area contributed by atoms with Crippen LogP contribution >= 0.6 is 0 Å². The van der Waals surface area contributed by atoms with Crippen molar-refractivity contribution < 1.29 is 23.8 Å². The molecule has 0 atom stereocenters. The van der Waals surface area contributed by atoms with Crippen LogP contribution in [0.3, 0.4) is 0 Å². The van der Waals surface area contributed by atoms with E-state index < -0.39 is 12.6 Å². The zero-order chi connectivity index (χ0) is 15.9. The van der Waals surface area contributed by atoms with Gasteiger partial charge in [-0.15, -0.1) is 0 Å². The van der Waals surface area contributed by atoms with E-state index in [9.17, 15) is 9.59 Å². The molecule has 1 aromatic heterocycles. The summed E-state index contributed by atoms with van der Waals surface area (Å²) in [7, 11) is 1.70. The quantitative estimate of drug-likeness (QED) is 0.849. The molecule has 116 valence electrons. The zero-order valence-electron chi connectivity index (χ0n) is 12.2. The number of anilines is 1. The number of nitrogens with zero attached hydrogens (tertiary/aromatic N) is 1. The van der Waals surface area contributed by atoms with Gasteiger partial charge >= 0.3 is 5.97 Å². The third-order valence-corrected chi connectivity index (χ3v) is 3.17. The molecule has 0 bridgehead atoms. The van der Waals surface area contributed by atoms with Crippen LogP contribution in [-0.2, 0) is 16.0 Å². The number of carbonyl (C=O) groups is 2. The number of carboxylic acids is 1. The molecule has 22 heavy (non-hydrogen) atoms. The number of carboxylic acid groups (broad SMARTS) is 1. The second kappa shape index (κ2) is 7.31. The van der Waals surface area contributed by atoms with Crippen LogP contribution < -0.4 is 9.64 Å². The zero-order valence-corrected chi connectivity index (χ0v) is 12.2. The van der Waals surface area contributed by atoms with Crippen LogP contribution in [0.4, 0.5) is 5.69 Å². The Kier molecular flexibility index (Phi) is 5.19. The van der Waals surface area contributed by atoms with Gasteiger partial charge < -0.3 is 19.2 Å². The third kappa shape index (κ3) is 4.37. The van der Waals surface area contributed by atoms with Gasteiger partial charge in [0.05, 0.1) is 12.5 Å². The highest BCUT2D eigenvalue weighted by Crippen LogP contribution is 2.19. The number of rotatable bonds is 7. The highest BCUT2D eigenvalue weighted by Gasteiger charge is 2.11. The van der Waals surface area contributed by atoms with Crippen molar-refractivity contribution in [2.24, 2.45) is 0 Å². The van der Waals surface area contributed by atoms with E-state index in [1.54, 1.807) is 48.7 Å². The van der Waals surface area contributed by atoms with Gasteiger partial charge in [-0.3, -0.25) is 4.79 Å². The normalized spacial score (nSPS) is 10.2. The highest BCUT2D eigenvalue weighted by atomic mass is 16.5. The molecular weight excluding hydrogens is 286 g/mol. The number of carbonyl (C=O) groups excluding carboxylic acids is 1. The van der Waals surface area contributed by atoms with E-state index in [0.717, 1.165) is 11.3 Å². The number of benzene rings is 1. The molecule has 0 unspecified atom stereocenters. The standard InChI is InChI=1S/C16H17NO5/c1-17(15(18)7-2-12-8-9-21-10-12)13-3-5-14(6-4-13)22-11-16(19)20/h3-6,8-10H,2,7,11H2,1H3,(H,19,20). The molecule has 1 heterocycles. The minimum Gasteiger partial charge on any atom is -0.482 e. The largest absolute Gasteiger partial charge is 0.482 e. The molecule has 6 nitrogen and oxygen atoms in total. The maximum Gasteiger partial charge on any atom is 0.341 e. The van der Waals surface area contributed by atoms with Crippen molar-refractivity contribution in [3.05, 3.63) is 48.4 Å². The molecule has 0 spiro atoms. The van der Waals surface area contributed by atoms with Gasteiger partial charge in [0.15, 0.2) is 6.61 Å². The summed E-state index contributed by atoms with van der Waals surface area (Å²) in [6.45, 7) is -0.390. The number of hydrogen-bond acceptors (Lipinski definition) is 4. The van der Waals surface area contributed by atoms with Gasteiger partial charge in [0.25, 0.3) is 0 Å². The molecule has 0 aliphatic rings. The first-order valence-corrected chi connectivity index (χ1v) is 6.78. The molecule has 2 aromatic rings. The number of ether oxygens (including phenoxy) is 1. The predicted molar refractivity (Wildman–Crippen MR) is 80.0 cm³/mol. The lowest BCUT2D eigenvalue weighted by Gasteiger charge is -2.17. The Balaban J connectivity index is 1.89. The predicted octanol–water partition coefficient (Wildman–Crippen LogP) is 2.34. The summed E-state index contributed by atoms with van der Waals surface area (Å²) in [6, 6.07) is 8.54. The fourth-order valence-corrected chi connectivity index (χ4v) is 1.91. The van der Waals surface area contributed by atoms with Crippen LogP contribution in [0, 0.1) is 0 Å². The maximum atomic E-state index is 12.1. The van der Waals surface area contributed by atoms with E-state index in [4.69, 9.17) is 14.3 Å². The first-order chi connectivity index (χ1) is 10.6. The minimum absolute atomic E-state index is 0.0135. The third-order valence-electron chi connectivity index (χ3n) is 3.17. The van der Waals surface area contributed by atoms with Gasteiger partial charge in [0.2, 0.25) is 5.91 Å². The van der Waals surface area contributed by atoms with Crippen molar-refractivity contribution in [2.45, 2.75) is 12.8 Å². The van der Waals surface area contributed by atoms with Crippen molar-refractivity contribution in [1.29, 1.82) is 0 Å². The Morgan fingerprint density at radius 3 is 2.55 bits per heavy atom. The summed E-state index contributed by atoms with van der Waals surface area (Å²) in [5.41, 5.74) is 1.71. The van der Waals surface area contributed by atoms with Crippen molar-refractivity contribution in [1.82, 2.24) is 0 Å². The second-order valence-electron chi connectivity index (χ2n) is 4.76. The topological polar surface area (TPSA) is 80.0 Å². The van der Waals surface area contributed by atoms with E-state index in [1.165, 1.54) is 0 Å². The van der Waals surface area contributed by atoms with Gasteiger partial charge in [-0.1, -0.05) is 0 Å². The molecule has 0 radical (unpaired) electrons. The number of hydrogen-bond donors (Lipinski definition) is 1. The molecule has 0 aliphatic heterocycles. The van der Waals surface area contributed by atoms with Crippen LogP contribution in [0.2, 0.25) is 0 Å². The van der Waals surface area contributed by atoms with Gasteiger partial charge in [0, 0.05) is 19.2 Å². The van der Waals surface area contributed by atoms with Crippen LogP contribution in [-0.4, -0.2) is 30.6 Å². The number of aliphatic carboxylic acids is 1. The number of aryl methyl sites for hydroxylation is 1. The van der Waals surface area contributed by atoms with Crippen molar-refractivity contribution in [2.75, 3.05) is 18.6 Å². The molecule has 2 rings (SSSR count). The molecule has 1 aromatic carbocycles. The van der Waals surface area contributed by atoms with E-state index in [0.29, 0.717) is 18.6 Å².